The number of nitrogens with zero attached hydrogens (tertiary/aromatic N) is 5. The Morgan fingerprint density at radius 2 is 1.66 bits per heavy atom. The van der Waals surface area contributed by atoms with Gasteiger partial charge in [0.2, 0.25) is 5.28 Å². The lowest BCUT2D eigenvalue weighted by Crippen LogP contribution is -2.56. The van der Waals surface area contributed by atoms with Crippen molar-refractivity contribution in [2.75, 3.05) is 24.5 Å². The number of nitriles is 1. The number of amides is 1. The molecule has 0 N–H and O–H groups in total. The molecule has 2 heterocycles. The van der Waals surface area contributed by atoms with E-state index in [2.05, 4.69) is 69.0 Å². The summed E-state index contributed by atoms with van der Waals surface area (Å²) in [5.74, 6) is 3.57. The molecule has 10 heteroatoms. The van der Waals surface area contributed by atoms with E-state index < -0.39 is 31.6 Å². The van der Waals surface area contributed by atoms with Crippen LogP contribution in [0.5, 0.6) is 0 Å². The highest BCUT2D eigenvalue weighted by Gasteiger charge is 2.42. The van der Waals surface area contributed by atoms with Gasteiger partial charge in [-0.3, -0.25) is 0 Å². The number of piperazine rings is 1. The van der Waals surface area contributed by atoms with Gasteiger partial charge in [-0.05, 0) is 72.1 Å². The second-order valence-electron chi connectivity index (χ2n) is 15.1. The van der Waals surface area contributed by atoms with Crippen molar-refractivity contribution in [3.05, 3.63) is 65.2 Å². The van der Waals surface area contributed by atoms with Crippen molar-refractivity contribution < 1.29 is 13.9 Å². The fourth-order valence-electron chi connectivity index (χ4n) is 7.74. The summed E-state index contributed by atoms with van der Waals surface area (Å²) < 4.78 is 22.5. The van der Waals surface area contributed by atoms with Gasteiger partial charge in [0.05, 0.1) is 18.5 Å². The Balaban J connectivity index is 1.60. The number of benzene rings is 3. The van der Waals surface area contributed by atoms with Crippen molar-refractivity contribution in [2.24, 2.45) is 0 Å². The van der Waals surface area contributed by atoms with E-state index in [0.717, 1.165) is 21.9 Å². The molecule has 0 aliphatic carbocycles. The third kappa shape index (κ3) is 7.17. The van der Waals surface area contributed by atoms with Crippen LogP contribution in [-0.4, -0.2) is 60.3 Å². The van der Waals surface area contributed by atoms with Crippen LogP contribution < -0.4 is 4.90 Å². The maximum atomic E-state index is 16.8. The van der Waals surface area contributed by atoms with Crippen LogP contribution in [0.15, 0.2) is 48.5 Å². The minimum Gasteiger partial charge on any atom is -0.444 e. The third-order valence-corrected chi connectivity index (χ3v) is 16.4. The van der Waals surface area contributed by atoms with Crippen LogP contribution in [0.2, 0.25) is 21.9 Å². The maximum absolute atomic E-state index is 16.8. The first kappa shape index (κ1) is 37.1. The second kappa shape index (κ2) is 14.6. The molecule has 1 aliphatic rings. The average Bonchev–Trinajstić information content (AvgIpc) is 3.04. The zero-order chi connectivity index (χ0) is 36.5. The molecule has 1 fully saturated rings. The molecule has 0 saturated carbocycles. The molecule has 0 unspecified atom stereocenters. The van der Waals surface area contributed by atoms with Crippen LogP contribution >= 0.6 is 11.6 Å². The predicted octanol–water partition coefficient (Wildman–Crippen LogP) is 10.2. The van der Waals surface area contributed by atoms with Crippen LogP contribution in [-0.2, 0) is 4.74 Å². The maximum Gasteiger partial charge on any atom is 0.410 e. The molecule has 262 valence electrons. The van der Waals surface area contributed by atoms with Crippen molar-refractivity contribution in [2.45, 2.75) is 97.0 Å². The number of ether oxygens (including phenoxy) is 1. The number of halogens is 2. The number of carbonyl (C=O) groups excluding carboxylic acids is 1. The molecule has 50 heavy (non-hydrogen) atoms. The molecule has 1 aliphatic heterocycles. The Labute approximate surface area is 301 Å². The topological polar surface area (TPSA) is 82.4 Å². The summed E-state index contributed by atoms with van der Waals surface area (Å²) in [7, 11) is -2.02. The van der Waals surface area contributed by atoms with Gasteiger partial charge < -0.3 is 14.5 Å². The number of rotatable bonds is 6. The normalized spacial score (nSPS) is 15.5. The van der Waals surface area contributed by atoms with Gasteiger partial charge in [0, 0.05) is 41.5 Å². The summed E-state index contributed by atoms with van der Waals surface area (Å²) >= 11 is 6.48. The quantitative estimate of drug-likeness (QED) is 0.112. The van der Waals surface area contributed by atoms with E-state index in [1.54, 1.807) is 11.0 Å². The van der Waals surface area contributed by atoms with E-state index in [1.165, 1.54) is 0 Å². The minimum atomic E-state index is -2.02. The molecular formula is C40H47ClFN5O2Si. The highest BCUT2D eigenvalue weighted by molar-refractivity contribution is 6.90. The van der Waals surface area contributed by atoms with Crippen molar-refractivity contribution >= 4 is 53.3 Å². The Hall–Kier alpha value is -4.18. The van der Waals surface area contributed by atoms with Gasteiger partial charge in [-0.2, -0.15) is 10.2 Å². The van der Waals surface area contributed by atoms with Gasteiger partial charge in [-0.1, -0.05) is 83.9 Å². The first-order chi connectivity index (χ1) is 23.6. The van der Waals surface area contributed by atoms with E-state index in [-0.39, 0.29) is 17.2 Å². The summed E-state index contributed by atoms with van der Waals surface area (Å²) in [5, 5.41) is 11.9. The van der Waals surface area contributed by atoms with Gasteiger partial charge in [-0.25, -0.2) is 14.2 Å². The fourth-order valence-corrected chi connectivity index (χ4v) is 13.1. The minimum absolute atomic E-state index is 0.0863. The van der Waals surface area contributed by atoms with Crippen LogP contribution in [0.25, 0.3) is 32.8 Å². The van der Waals surface area contributed by atoms with Crippen molar-refractivity contribution in [1.29, 1.82) is 5.26 Å². The van der Waals surface area contributed by atoms with Crippen LogP contribution in [0.4, 0.5) is 15.0 Å². The van der Waals surface area contributed by atoms with Gasteiger partial charge in [0.15, 0.2) is 5.82 Å². The first-order valence-electron chi connectivity index (χ1n) is 17.4. The number of anilines is 1. The van der Waals surface area contributed by atoms with Crippen molar-refractivity contribution in [3.63, 3.8) is 0 Å². The van der Waals surface area contributed by atoms with E-state index in [4.69, 9.17) is 16.3 Å². The second-order valence-corrected chi connectivity index (χ2v) is 21.0. The monoisotopic (exact) mass is 711 g/mol. The van der Waals surface area contributed by atoms with Crippen molar-refractivity contribution in [3.8, 4) is 28.7 Å². The van der Waals surface area contributed by atoms with E-state index in [1.807, 2.05) is 68.1 Å². The molecule has 7 nitrogen and oxygen atoms in total. The summed E-state index contributed by atoms with van der Waals surface area (Å²) in [6.45, 7) is 20.2. The molecule has 1 aromatic heterocycles. The molecule has 1 saturated heterocycles. The summed E-state index contributed by atoms with van der Waals surface area (Å²) in [6, 6.07) is 17.3. The zero-order valence-electron chi connectivity index (χ0n) is 30.6. The molecule has 4 aromatic rings. The van der Waals surface area contributed by atoms with Crippen LogP contribution in [0.1, 0.15) is 74.3 Å². The average molecular weight is 712 g/mol. The van der Waals surface area contributed by atoms with Gasteiger partial charge in [0.25, 0.3) is 0 Å². The number of hydrogen-bond acceptors (Lipinski definition) is 6. The highest BCUT2D eigenvalue weighted by atomic mass is 35.5. The van der Waals surface area contributed by atoms with E-state index in [0.29, 0.717) is 53.0 Å². The SMILES string of the molecule is CC(C)[Si](C#Cc1cccc2cccc(-c3ccc4c(N5CCN(C(=O)OC(C)(C)C)[C@@H](CC#N)C5)nc(Cl)nc4c3F)c12)(C(C)C)C(C)C. The van der Waals surface area contributed by atoms with Crippen LogP contribution in [0.3, 0.4) is 0 Å². The van der Waals surface area contributed by atoms with Gasteiger partial charge in [0.1, 0.15) is 25.0 Å². The summed E-state index contributed by atoms with van der Waals surface area (Å²) in [5.41, 5.74) is 6.74. The van der Waals surface area contributed by atoms with Crippen LogP contribution in [0, 0.1) is 28.6 Å². The number of hydrogen-bond donors (Lipinski definition) is 0. The smallest absolute Gasteiger partial charge is 0.410 e. The number of aromatic nitrogens is 2. The first-order valence-corrected chi connectivity index (χ1v) is 20.0. The Morgan fingerprint density at radius 3 is 2.28 bits per heavy atom. The molecule has 5 rings (SSSR count). The Morgan fingerprint density at radius 1 is 1.00 bits per heavy atom. The molecule has 1 atom stereocenters. The molecule has 0 bridgehead atoms. The Kier molecular flexibility index (Phi) is 10.8. The largest absolute Gasteiger partial charge is 0.444 e. The number of fused-ring (bicyclic) bond motifs is 2. The summed E-state index contributed by atoms with van der Waals surface area (Å²) in [4.78, 5) is 25.4. The van der Waals surface area contributed by atoms with E-state index >= 15 is 4.39 Å². The Bertz CT molecular complexity index is 2000. The predicted molar refractivity (Wildman–Crippen MR) is 205 cm³/mol. The third-order valence-electron chi connectivity index (χ3n) is 9.97. The molecular weight excluding hydrogens is 665 g/mol. The highest BCUT2D eigenvalue weighted by Crippen LogP contribution is 2.42. The van der Waals surface area contributed by atoms with Gasteiger partial charge >= 0.3 is 6.09 Å². The fraction of sp³-hybridized carbons (Fsp3) is 0.450. The standard InChI is InChI=1S/C40H47ClFN5O2Si/c1-25(2)50(26(3)4,27(5)6)23-19-29-13-10-12-28-14-11-15-31(34(28)29)32-16-17-33-36(35(32)42)44-38(41)45-37(33)46-21-22-47(30(24-46)18-20-43)39(48)49-40(7,8)9/h10-17,25-27,30H,18,21-22,24H2,1-9H3/t30-/m0/s1. The lowest BCUT2D eigenvalue weighted by molar-refractivity contribution is 0.0145. The zero-order valence-corrected chi connectivity index (χ0v) is 32.3. The van der Waals surface area contributed by atoms with Gasteiger partial charge in [-0.15, -0.1) is 5.54 Å². The van der Waals surface area contributed by atoms with Crippen molar-refractivity contribution in [1.82, 2.24) is 14.9 Å². The summed E-state index contributed by atoms with van der Waals surface area (Å²) in [6.07, 6.45) is -0.365. The molecule has 3 aromatic carbocycles. The molecule has 1 amide bonds. The lowest BCUT2D eigenvalue weighted by Gasteiger charge is -2.41. The number of carbonyl (C=O) groups is 1. The molecule has 0 radical (unpaired) electrons. The molecule has 0 spiro atoms. The van der Waals surface area contributed by atoms with E-state index in [9.17, 15) is 10.1 Å². The lowest BCUT2D eigenvalue weighted by atomic mass is 9.94.